The molecule has 122 valence electrons. The molecule has 1 aliphatic rings. The lowest BCUT2D eigenvalue weighted by Crippen LogP contribution is -2.60. The standard InChI is InChI=1S/C19H25N3O/c1-18(2)12-15(13-19(3,4)22-18)23-17-11-10-16(20-21-17)14-8-6-5-7-9-14/h5-11,15,22H,12-13H2,1-4H3. The van der Waals surface area contributed by atoms with Crippen LogP contribution in [0.15, 0.2) is 42.5 Å². The van der Waals surface area contributed by atoms with Gasteiger partial charge in [0.25, 0.3) is 0 Å². The van der Waals surface area contributed by atoms with Crippen LogP contribution < -0.4 is 10.1 Å². The second-order valence-corrected chi connectivity index (χ2v) is 7.66. The third kappa shape index (κ3) is 4.08. The van der Waals surface area contributed by atoms with Crippen molar-refractivity contribution in [3.63, 3.8) is 0 Å². The van der Waals surface area contributed by atoms with E-state index in [-0.39, 0.29) is 17.2 Å². The van der Waals surface area contributed by atoms with E-state index < -0.39 is 0 Å². The smallest absolute Gasteiger partial charge is 0.233 e. The molecule has 4 nitrogen and oxygen atoms in total. The molecule has 0 aliphatic carbocycles. The third-order valence-corrected chi connectivity index (χ3v) is 4.15. The Labute approximate surface area is 138 Å². The Kier molecular flexibility index (Phi) is 4.11. The molecule has 0 atom stereocenters. The molecule has 1 saturated heterocycles. The molecule has 0 radical (unpaired) electrons. The molecule has 0 amide bonds. The summed E-state index contributed by atoms with van der Waals surface area (Å²) in [6, 6.07) is 13.9. The molecule has 1 fully saturated rings. The van der Waals surface area contributed by atoms with Crippen molar-refractivity contribution in [2.75, 3.05) is 0 Å². The molecule has 0 spiro atoms. The fourth-order valence-corrected chi connectivity index (χ4v) is 3.63. The summed E-state index contributed by atoms with van der Waals surface area (Å²) >= 11 is 0. The second-order valence-electron chi connectivity index (χ2n) is 7.66. The van der Waals surface area contributed by atoms with Gasteiger partial charge in [-0.25, -0.2) is 0 Å². The number of benzene rings is 1. The van der Waals surface area contributed by atoms with Crippen LogP contribution in [0.1, 0.15) is 40.5 Å². The molecule has 1 aromatic heterocycles. The molecule has 4 heteroatoms. The lowest BCUT2D eigenvalue weighted by molar-refractivity contribution is 0.0524. The summed E-state index contributed by atoms with van der Waals surface area (Å²) < 4.78 is 6.10. The first-order valence-electron chi connectivity index (χ1n) is 8.18. The molecular formula is C19H25N3O. The minimum Gasteiger partial charge on any atom is -0.473 e. The average Bonchev–Trinajstić information content (AvgIpc) is 2.45. The molecule has 1 aromatic carbocycles. The highest BCUT2D eigenvalue weighted by Crippen LogP contribution is 2.31. The Morgan fingerprint density at radius 1 is 0.913 bits per heavy atom. The molecule has 23 heavy (non-hydrogen) atoms. The van der Waals surface area contributed by atoms with Crippen LogP contribution >= 0.6 is 0 Å². The summed E-state index contributed by atoms with van der Waals surface area (Å²) in [6.45, 7) is 8.87. The number of nitrogens with one attached hydrogen (secondary N) is 1. The number of hydrogen-bond acceptors (Lipinski definition) is 4. The van der Waals surface area contributed by atoms with E-state index >= 15 is 0 Å². The summed E-state index contributed by atoms with van der Waals surface area (Å²) in [6.07, 6.45) is 2.06. The van der Waals surface area contributed by atoms with Crippen molar-refractivity contribution in [3.05, 3.63) is 42.5 Å². The Hall–Kier alpha value is -1.94. The van der Waals surface area contributed by atoms with Gasteiger partial charge in [-0.1, -0.05) is 30.3 Å². The van der Waals surface area contributed by atoms with Crippen molar-refractivity contribution in [3.8, 4) is 17.1 Å². The summed E-state index contributed by atoms with van der Waals surface area (Å²) in [7, 11) is 0. The maximum Gasteiger partial charge on any atom is 0.233 e. The minimum absolute atomic E-state index is 0.0593. The van der Waals surface area contributed by atoms with Crippen molar-refractivity contribution in [1.29, 1.82) is 0 Å². The Balaban J connectivity index is 1.71. The largest absolute Gasteiger partial charge is 0.473 e. The Bertz CT molecular complexity index is 634. The van der Waals surface area contributed by atoms with Crippen LogP contribution in [0.5, 0.6) is 5.88 Å². The van der Waals surface area contributed by atoms with Gasteiger partial charge in [-0.15, -0.1) is 10.2 Å². The summed E-state index contributed by atoms with van der Waals surface area (Å²) in [5.74, 6) is 0.600. The van der Waals surface area contributed by atoms with E-state index in [2.05, 4.69) is 43.2 Å². The first kappa shape index (κ1) is 15.9. The van der Waals surface area contributed by atoms with Crippen molar-refractivity contribution in [1.82, 2.24) is 15.5 Å². The average molecular weight is 311 g/mol. The zero-order valence-corrected chi connectivity index (χ0v) is 14.3. The maximum atomic E-state index is 6.10. The summed E-state index contributed by atoms with van der Waals surface area (Å²) in [5.41, 5.74) is 2.05. The first-order chi connectivity index (χ1) is 10.8. The van der Waals surface area contributed by atoms with Gasteiger partial charge >= 0.3 is 0 Å². The molecule has 3 rings (SSSR count). The number of ether oxygens (including phenoxy) is 1. The van der Waals surface area contributed by atoms with E-state index in [4.69, 9.17) is 4.74 Å². The van der Waals surface area contributed by atoms with Crippen LogP contribution in [0, 0.1) is 0 Å². The van der Waals surface area contributed by atoms with Crippen LogP contribution in [0.3, 0.4) is 0 Å². The van der Waals surface area contributed by atoms with E-state index in [0.717, 1.165) is 24.1 Å². The normalized spacial score (nSPS) is 20.2. The highest BCUT2D eigenvalue weighted by atomic mass is 16.5. The molecule has 0 bridgehead atoms. The highest BCUT2D eigenvalue weighted by Gasteiger charge is 2.38. The molecule has 1 N–H and O–H groups in total. The van der Waals surface area contributed by atoms with Gasteiger partial charge in [-0.2, -0.15) is 0 Å². The van der Waals surface area contributed by atoms with Gasteiger partial charge in [0.15, 0.2) is 0 Å². The first-order valence-corrected chi connectivity index (χ1v) is 8.18. The fourth-order valence-electron chi connectivity index (χ4n) is 3.63. The number of hydrogen-bond donors (Lipinski definition) is 1. The number of nitrogens with zero attached hydrogens (tertiary/aromatic N) is 2. The van der Waals surface area contributed by atoms with Gasteiger partial charge in [0.2, 0.25) is 5.88 Å². The van der Waals surface area contributed by atoms with Gasteiger partial charge in [0, 0.05) is 35.5 Å². The summed E-state index contributed by atoms with van der Waals surface area (Å²) in [4.78, 5) is 0. The van der Waals surface area contributed by atoms with Crippen molar-refractivity contribution >= 4 is 0 Å². The topological polar surface area (TPSA) is 47.0 Å². The Morgan fingerprint density at radius 3 is 2.13 bits per heavy atom. The van der Waals surface area contributed by atoms with Crippen LogP contribution in [0.4, 0.5) is 0 Å². The van der Waals surface area contributed by atoms with Gasteiger partial charge < -0.3 is 10.1 Å². The predicted octanol–water partition coefficient (Wildman–Crippen LogP) is 3.83. The van der Waals surface area contributed by atoms with E-state index in [0.29, 0.717) is 5.88 Å². The Morgan fingerprint density at radius 2 is 1.57 bits per heavy atom. The van der Waals surface area contributed by atoms with Crippen LogP contribution in [0.25, 0.3) is 11.3 Å². The molecule has 2 heterocycles. The zero-order chi connectivity index (χ0) is 16.5. The van der Waals surface area contributed by atoms with Gasteiger partial charge in [0.05, 0.1) is 5.69 Å². The molecule has 1 aliphatic heterocycles. The molecule has 0 saturated carbocycles. The van der Waals surface area contributed by atoms with Crippen molar-refractivity contribution < 1.29 is 4.74 Å². The number of aromatic nitrogens is 2. The van der Waals surface area contributed by atoms with E-state index in [1.807, 2.05) is 42.5 Å². The van der Waals surface area contributed by atoms with E-state index in [1.165, 1.54) is 0 Å². The quantitative estimate of drug-likeness (QED) is 0.936. The lowest BCUT2D eigenvalue weighted by Gasteiger charge is -2.46. The van der Waals surface area contributed by atoms with Gasteiger partial charge in [0.1, 0.15) is 6.10 Å². The minimum atomic E-state index is 0.0593. The van der Waals surface area contributed by atoms with Crippen LogP contribution in [-0.4, -0.2) is 27.4 Å². The van der Waals surface area contributed by atoms with E-state index in [1.54, 1.807) is 0 Å². The number of rotatable bonds is 3. The van der Waals surface area contributed by atoms with Gasteiger partial charge in [-0.3, -0.25) is 0 Å². The van der Waals surface area contributed by atoms with Gasteiger partial charge in [-0.05, 0) is 33.8 Å². The lowest BCUT2D eigenvalue weighted by atomic mass is 9.81. The van der Waals surface area contributed by atoms with Crippen molar-refractivity contribution in [2.45, 2.75) is 57.7 Å². The fraction of sp³-hybridized carbons (Fsp3) is 0.474. The molecule has 2 aromatic rings. The number of piperidine rings is 1. The second kappa shape index (κ2) is 5.93. The SMILES string of the molecule is CC1(C)CC(Oc2ccc(-c3ccccc3)nn2)CC(C)(C)N1. The highest BCUT2D eigenvalue weighted by molar-refractivity contribution is 5.58. The molecule has 0 unspecified atom stereocenters. The zero-order valence-electron chi connectivity index (χ0n) is 14.3. The maximum absolute atomic E-state index is 6.10. The van der Waals surface area contributed by atoms with Crippen LogP contribution in [-0.2, 0) is 0 Å². The monoisotopic (exact) mass is 311 g/mol. The van der Waals surface area contributed by atoms with Crippen molar-refractivity contribution in [2.24, 2.45) is 0 Å². The molecular weight excluding hydrogens is 286 g/mol. The predicted molar refractivity (Wildman–Crippen MR) is 92.4 cm³/mol. The third-order valence-electron chi connectivity index (χ3n) is 4.15. The van der Waals surface area contributed by atoms with Crippen LogP contribution in [0.2, 0.25) is 0 Å². The van der Waals surface area contributed by atoms with E-state index in [9.17, 15) is 0 Å². The summed E-state index contributed by atoms with van der Waals surface area (Å²) in [5, 5.41) is 12.2.